The molecule has 0 spiro atoms. The van der Waals surface area contributed by atoms with E-state index in [0.29, 0.717) is 6.54 Å². The zero-order valence-electron chi connectivity index (χ0n) is 16.1. The molecular formula is C22H28N3O2+. The summed E-state index contributed by atoms with van der Waals surface area (Å²) in [7, 11) is 1.70. The molecule has 142 valence electrons. The van der Waals surface area contributed by atoms with E-state index in [-0.39, 0.29) is 18.4 Å². The maximum absolute atomic E-state index is 12.6. The lowest BCUT2D eigenvalue weighted by Crippen LogP contribution is -3.12. The quantitative estimate of drug-likeness (QED) is 0.809. The second-order valence-electron chi connectivity index (χ2n) is 7.18. The molecule has 0 saturated heterocycles. The number of anilines is 1. The van der Waals surface area contributed by atoms with Crippen molar-refractivity contribution in [1.29, 1.82) is 0 Å². The van der Waals surface area contributed by atoms with Crippen molar-refractivity contribution < 1.29 is 14.5 Å². The summed E-state index contributed by atoms with van der Waals surface area (Å²) >= 11 is 0. The summed E-state index contributed by atoms with van der Waals surface area (Å²) in [4.78, 5) is 27.7. The molecule has 2 aromatic carbocycles. The van der Waals surface area contributed by atoms with Crippen LogP contribution < -0.4 is 10.2 Å². The molecule has 0 bridgehead atoms. The van der Waals surface area contributed by atoms with Gasteiger partial charge in [0.2, 0.25) is 5.91 Å². The van der Waals surface area contributed by atoms with Gasteiger partial charge in [-0.2, -0.15) is 0 Å². The average Bonchev–Trinajstić information content (AvgIpc) is 2.68. The summed E-state index contributed by atoms with van der Waals surface area (Å²) in [5.74, 6) is -0.158. The molecule has 0 aromatic heterocycles. The highest BCUT2D eigenvalue weighted by Crippen LogP contribution is 2.15. The molecule has 1 aliphatic heterocycles. The normalized spacial score (nSPS) is 15.7. The summed E-state index contributed by atoms with van der Waals surface area (Å²) < 4.78 is 0. The van der Waals surface area contributed by atoms with Crippen LogP contribution in [-0.4, -0.2) is 43.4 Å². The maximum atomic E-state index is 12.6. The largest absolute Gasteiger partial charge is 0.332 e. The highest BCUT2D eigenvalue weighted by molar-refractivity contribution is 5.95. The molecule has 2 N–H and O–H groups in total. The van der Waals surface area contributed by atoms with Crippen LogP contribution in [0.4, 0.5) is 5.69 Å². The topological polar surface area (TPSA) is 53.9 Å². The van der Waals surface area contributed by atoms with Crippen molar-refractivity contribution in [2.45, 2.75) is 26.3 Å². The number of amides is 2. The number of nitrogens with zero attached hydrogens (tertiary/aromatic N) is 1. The molecule has 1 unspecified atom stereocenters. The highest BCUT2D eigenvalue weighted by Gasteiger charge is 2.23. The van der Waals surface area contributed by atoms with Gasteiger partial charge in [-0.3, -0.25) is 9.59 Å². The number of aryl methyl sites for hydroxylation is 1. The predicted octanol–water partition coefficient (Wildman–Crippen LogP) is 1.29. The Balaban J connectivity index is 1.51. The standard InChI is InChI=1S/C22H27N3O2/c1-3-17-8-6-7-11-20(17)23-21(26)15-24(2)22(27)16-25-13-12-18-9-4-5-10-19(18)14-25/h4-11H,3,12-16H2,1-2H3,(H,23,26)/p+1. The van der Waals surface area contributed by atoms with Crippen molar-refractivity contribution in [3.63, 3.8) is 0 Å². The van der Waals surface area contributed by atoms with E-state index in [4.69, 9.17) is 0 Å². The van der Waals surface area contributed by atoms with Gasteiger partial charge in [0, 0.05) is 24.7 Å². The first-order chi connectivity index (χ1) is 13.1. The number of carbonyl (C=O) groups excluding carboxylic acids is 2. The number of hydrogen-bond acceptors (Lipinski definition) is 2. The van der Waals surface area contributed by atoms with Crippen molar-refractivity contribution in [2.75, 3.05) is 32.0 Å². The number of hydrogen-bond donors (Lipinski definition) is 2. The summed E-state index contributed by atoms with van der Waals surface area (Å²) in [6.45, 7) is 4.36. The predicted molar refractivity (Wildman–Crippen MR) is 107 cm³/mol. The lowest BCUT2D eigenvalue weighted by Gasteiger charge is -2.27. The zero-order chi connectivity index (χ0) is 19.2. The molecule has 1 aliphatic rings. The lowest BCUT2D eigenvalue weighted by molar-refractivity contribution is -0.908. The van der Waals surface area contributed by atoms with E-state index in [2.05, 4.69) is 30.4 Å². The summed E-state index contributed by atoms with van der Waals surface area (Å²) in [5, 5.41) is 2.92. The van der Waals surface area contributed by atoms with Crippen LogP contribution in [0.15, 0.2) is 48.5 Å². The molecule has 5 nitrogen and oxygen atoms in total. The van der Waals surface area contributed by atoms with Gasteiger partial charge in [-0.15, -0.1) is 0 Å². The Hall–Kier alpha value is -2.66. The Bertz CT molecular complexity index is 819. The molecule has 3 rings (SSSR count). The number of para-hydroxylation sites is 1. The molecule has 1 heterocycles. The van der Waals surface area contributed by atoms with Gasteiger partial charge in [-0.05, 0) is 23.6 Å². The second kappa shape index (κ2) is 8.82. The number of rotatable bonds is 6. The number of quaternary nitrogens is 1. The SMILES string of the molecule is CCc1ccccc1NC(=O)CN(C)C(=O)C[NH+]1CCc2ccccc2C1. The van der Waals surface area contributed by atoms with Crippen LogP contribution in [0, 0.1) is 0 Å². The highest BCUT2D eigenvalue weighted by atomic mass is 16.2. The number of carbonyl (C=O) groups is 2. The van der Waals surface area contributed by atoms with Crippen molar-refractivity contribution in [3.05, 3.63) is 65.2 Å². The first-order valence-electron chi connectivity index (χ1n) is 9.59. The van der Waals surface area contributed by atoms with Gasteiger partial charge in [0.25, 0.3) is 5.91 Å². The van der Waals surface area contributed by atoms with Crippen LogP contribution in [0.25, 0.3) is 0 Å². The molecular weight excluding hydrogens is 338 g/mol. The van der Waals surface area contributed by atoms with Crippen LogP contribution in [0.3, 0.4) is 0 Å². The van der Waals surface area contributed by atoms with Crippen LogP contribution >= 0.6 is 0 Å². The number of benzene rings is 2. The Kier molecular flexibility index (Phi) is 6.24. The van der Waals surface area contributed by atoms with Crippen molar-refractivity contribution >= 4 is 17.5 Å². The van der Waals surface area contributed by atoms with Crippen LogP contribution in [0.5, 0.6) is 0 Å². The van der Waals surface area contributed by atoms with Gasteiger partial charge < -0.3 is 15.1 Å². The Morgan fingerprint density at radius 2 is 1.78 bits per heavy atom. The third-order valence-corrected chi connectivity index (χ3v) is 5.19. The second-order valence-corrected chi connectivity index (χ2v) is 7.18. The molecule has 0 saturated carbocycles. The first-order valence-corrected chi connectivity index (χ1v) is 9.59. The fraction of sp³-hybridized carbons (Fsp3) is 0.364. The summed E-state index contributed by atoms with van der Waals surface area (Å²) in [6.07, 6.45) is 1.85. The van der Waals surface area contributed by atoms with Gasteiger partial charge in [-0.25, -0.2) is 0 Å². The van der Waals surface area contributed by atoms with Gasteiger partial charge in [0.05, 0.1) is 13.1 Å². The minimum Gasteiger partial charge on any atom is -0.332 e. The number of nitrogens with one attached hydrogen (secondary N) is 2. The molecule has 2 aromatic rings. The number of fused-ring (bicyclic) bond motifs is 1. The fourth-order valence-electron chi connectivity index (χ4n) is 3.59. The minimum absolute atomic E-state index is 0.00306. The molecule has 5 heteroatoms. The molecule has 1 atom stereocenters. The first kappa shape index (κ1) is 19.1. The zero-order valence-corrected chi connectivity index (χ0v) is 16.1. The molecule has 27 heavy (non-hydrogen) atoms. The van der Waals surface area contributed by atoms with E-state index in [1.807, 2.05) is 30.3 Å². The lowest BCUT2D eigenvalue weighted by atomic mass is 10.00. The molecule has 2 amide bonds. The summed E-state index contributed by atoms with van der Waals surface area (Å²) in [5.41, 5.74) is 4.62. The van der Waals surface area contributed by atoms with E-state index >= 15 is 0 Å². The van der Waals surface area contributed by atoms with E-state index in [9.17, 15) is 9.59 Å². The molecule has 0 fully saturated rings. The monoisotopic (exact) mass is 366 g/mol. The van der Waals surface area contributed by atoms with Crippen molar-refractivity contribution in [3.8, 4) is 0 Å². The minimum atomic E-state index is -0.161. The number of likely N-dealkylation sites (N-methyl/N-ethyl adjacent to an activating group) is 1. The van der Waals surface area contributed by atoms with Gasteiger partial charge in [0.15, 0.2) is 6.54 Å². The third-order valence-electron chi connectivity index (χ3n) is 5.19. The Morgan fingerprint density at radius 3 is 2.56 bits per heavy atom. The van der Waals surface area contributed by atoms with Crippen LogP contribution in [0.2, 0.25) is 0 Å². The molecule has 0 aliphatic carbocycles. The van der Waals surface area contributed by atoms with Crippen LogP contribution in [-0.2, 0) is 29.0 Å². The third kappa shape index (κ3) is 4.95. The van der Waals surface area contributed by atoms with Crippen LogP contribution in [0.1, 0.15) is 23.6 Å². The van der Waals surface area contributed by atoms with Crippen molar-refractivity contribution in [2.24, 2.45) is 0 Å². The Labute approximate surface area is 161 Å². The molecule has 0 radical (unpaired) electrons. The smallest absolute Gasteiger partial charge is 0.277 e. The average molecular weight is 366 g/mol. The maximum Gasteiger partial charge on any atom is 0.277 e. The van der Waals surface area contributed by atoms with E-state index in [1.165, 1.54) is 20.9 Å². The fourth-order valence-corrected chi connectivity index (χ4v) is 3.59. The van der Waals surface area contributed by atoms with Gasteiger partial charge in [0.1, 0.15) is 6.54 Å². The van der Waals surface area contributed by atoms with Crippen molar-refractivity contribution in [1.82, 2.24) is 4.90 Å². The van der Waals surface area contributed by atoms with E-state index in [0.717, 1.165) is 37.2 Å². The van der Waals surface area contributed by atoms with E-state index in [1.54, 1.807) is 7.05 Å². The van der Waals surface area contributed by atoms with Gasteiger partial charge in [-0.1, -0.05) is 49.4 Å². The Morgan fingerprint density at radius 1 is 1.07 bits per heavy atom. The van der Waals surface area contributed by atoms with E-state index < -0.39 is 0 Å². The summed E-state index contributed by atoms with van der Waals surface area (Å²) in [6, 6.07) is 16.2. The van der Waals surface area contributed by atoms with Gasteiger partial charge >= 0.3 is 0 Å².